The minimum atomic E-state index is -1.10. The van der Waals surface area contributed by atoms with Gasteiger partial charge in [0.2, 0.25) is 11.8 Å². The lowest BCUT2D eigenvalue weighted by molar-refractivity contribution is -0.128. The molecule has 0 unspecified atom stereocenters. The van der Waals surface area contributed by atoms with Crippen LogP contribution in [0.3, 0.4) is 0 Å². The normalized spacial score (nSPS) is 37.6. The number of ether oxygens (including phenoxy) is 1. The number of hydrogen-bond donors (Lipinski definition) is 1. The van der Waals surface area contributed by atoms with E-state index in [0.29, 0.717) is 5.69 Å². The number of carbonyl (C=O) groups is 3. The highest BCUT2D eigenvalue weighted by Gasteiger charge is 2.70. The zero-order valence-corrected chi connectivity index (χ0v) is 12.6. The van der Waals surface area contributed by atoms with E-state index >= 15 is 0 Å². The Kier molecular flexibility index (Phi) is 2.51. The van der Waals surface area contributed by atoms with Crippen molar-refractivity contribution >= 4 is 23.5 Å². The van der Waals surface area contributed by atoms with Crippen LogP contribution >= 0.6 is 0 Å². The summed E-state index contributed by atoms with van der Waals surface area (Å²) in [7, 11) is 0. The number of aromatic carboxylic acids is 1. The van der Waals surface area contributed by atoms with E-state index in [0.717, 1.165) is 4.90 Å². The smallest absolute Gasteiger partial charge is 0.335 e. The third kappa shape index (κ3) is 1.64. The molecule has 1 aromatic carbocycles. The van der Waals surface area contributed by atoms with Crippen LogP contribution in [0.2, 0.25) is 0 Å². The second-order valence-electron chi connectivity index (χ2n) is 6.63. The summed E-state index contributed by atoms with van der Waals surface area (Å²) in [5.74, 6) is -2.91. The highest BCUT2D eigenvalue weighted by atomic mass is 16.5. The van der Waals surface area contributed by atoms with Crippen molar-refractivity contribution in [1.29, 1.82) is 0 Å². The minimum Gasteiger partial charge on any atom is -0.478 e. The zero-order chi connectivity index (χ0) is 16.6. The molecular formula is C17H15NO5. The molecule has 4 atom stereocenters. The van der Waals surface area contributed by atoms with Gasteiger partial charge in [0.25, 0.3) is 0 Å². The maximum atomic E-state index is 12.9. The fourth-order valence-electron chi connectivity index (χ4n) is 4.06. The predicted octanol–water partition coefficient (Wildman–Crippen LogP) is 1.61. The highest BCUT2D eigenvalue weighted by Crippen LogP contribution is 2.57. The number of fused-ring (bicyclic) bond motifs is 5. The molecule has 0 aliphatic carbocycles. The van der Waals surface area contributed by atoms with Crippen molar-refractivity contribution in [3.05, 3.63) is 42.0 Å². The third-order valence-corrected chi connectivity index (χ3v) is 5.08. The molecule has 4 rings (SSSR count). The second-order valence-corrected chi connectivity index (χ2v) is 6.63. The molecule has 2 amide bonds. The summed E-state index contributed by atoms with van der Waals surface area (Å²) in [4.78, 5) is 37.9. The van der Waals surface area contributed by atoms with E-state index in [2.05, 4.69) is 0 Å². The molecule has 0 spiro atoms. The Morgan fingerprint density at radius 1 is 1.13 bits per heavy atom. The van der Waals surface area contributed by atoms with E-state index in [9.17, 15) is 14.4 Å². The molecule has 1 aromatic rings. The lowest BCUT2D eigenvalue weighted by atomic mass is 9.73. The van der Waals surface area contributed by atoms with Crippen molar-refractivity contribution in [1.82, 2.24) is 0 Å². The van der Waals surface area contributed by atoms with E-state index in [1.165, 1.54) is 18.2 Å². The highest BCUT2D eigenvalue weighted by molar-refractivity contribution is 6.23. The molecule has 3 aliphatic heterocycles. The van der Waals surface area contributed by atoms with Gasteiger partial charge < -0.3 is 9.84 Å². The van der Waals surface area contributed by atoms with Crippen LogP contribution in [0.25, 0.3) is 0 Å². The molecule has 23 heavy (non-hydrogen) atoms. The van der Waals surface area contributed by atoms with Gasteiger partial charge >= 0.3 is 5.97 Å². The van der Waals surface area contributed by atoms with Crippen LogP contribution in [0, 0.1) is 11.8 Å². The van der Waals surface area contributed by atoms with E-state index in [4.69, 9.17) is 9.84 Å². The van der Waals surface area contributed by atoms with Crippen molar-refractivity contribution in [2.75, 3.05) is 4.90 Å². The Labute approximate surface area is 132 Å². The topological polar surface area (TPSA) is 83.9 Å². The SMILES string of the molecule is C[C@]12C=C[C@](C)(O1)[C@@H]1C(=O)N(c3cccc(C(=O)O)c3)C(=O)[C@@H]12. The molecular weight excluding hydrogens is 298 g/mol. The number of carboxylic acids is 1. The van der Waals surface area contributed by atoms with Crippen LogP contribution in [0.1, 0.15) is 24.2 Å². The van der Waals surface area contributed by atoms with Crippen molar-refractivity contribution in [3.63, 3.8) is 0 Å². The summed E-state index contributed by atoms with van der Waals surface area (Å²) >= 11 is 0. The Morgan fingerprint density at radius 2 is 1.70 bits per heavy atom. The Balaban J connectivity index is 1.79. The maximum Gasteiger partial charge on any atom is 0.335 e. The second kappa shape index (κ2) is 4.08. The number of benzene rings is 1. The molecule has 2 fully saturated rings. The number of anilines is 1. The van der Waals surface area contributed by atoms with Crippen LogP contribution < -0.4 is 4.90 Å². The van der Waals surface area contributed by atoms with Crippen LogP contribution in [-0.2, 0) is 14.3 Å². The molecule has 2 bridgehead atoms. The summed E-state index contributed by atoms with van der Waals surface area (Å²) in [6.45, 7) is 3.61. The minimum absolute atomic E-state index is 0.0370. The summed E-state index contributed by atoms with van der Waals surface area (Å²) in [5.41, 5.74) is -1.24. The molecule has 6 nitrogen and oxygen atoms in total. The molecule has 0 saturated carbocycles. The average Bonchev–Trinajstić information content (AvgIpc) is 3.04. The van der Waals surface area contributed by atoms with Gasteiger partial charge in [0.1, 0.15) is 0 Å². The molecule has 3 heterocycles. The average molecular weight is 313 g/mol. The number of hydrogen-bond acceptors (Lipinski definition) is 4. The van der Waals surface area contributed by atoms with E-state index < -0.39 is 29.0 Å². The van der Waals surface area contributed by atoms with E-state index in [1.54, 1.807) is 6.07 Å². The first-order valence-electron chi connectivity index (χ1n) is 7.39. The van der Waals surface area contributed by atoms with Gasteiger partial charge in [0, 0.05) is 0 Å². The number of imide groups is 1. The van der Waals surface area contributed by atoms with E-state index in [-0.39, 0.29) is 17.4 Å². The Hall–Kier alpha value is -2.47. The van der Waals surface area contributed by atoms with Crippen LogP contribution in [0.5, 0.6) is 0 Å². The summed E-state index contributed by atoms with van der Waals surface area (Å²) in [5, 5.41) is 9.10. The van der Waals surface area contributed by atoms with Gasteiger partial charge in [-0.15, -0.1) is 0 Å². The van der Waals surface area contributed by atoms with Gasteiger partial charge in [0.15, 0.2) is 0 Å². The molecule has 0 aromatic heterocycles. The van der Waals surface area contributed by atoms with Gasteiger partial charge in [-0.3, -0.25) is 9.59 Å². The van der Waals surface area contributed by atoms with Crippen molar-refractivity contribution in [3.8, 4) is 0 Å². The third-order valence-electron chi connectivity index (χ3n) is 5.08. The zero-order valence-electron chi connectivity index (χ0n) is 12.6. The van der Waals surface area contributed by atoms with Gasteiger partial charge in [0.05, 0.1) is 34.3 Å². The van der Waals surface area contributed by atoms with Gasteiger partial charge in [-0.1, -0.05) is 18.2 Å². The number of amides is 2. The lowest BCUT2D eigenvalue weighted by Crippen LogP contribution is -2.39. The van der Waals surface area contributed by atoms with Crippen molar-refractivity contribution in [2.24, 2.45) is 11.8 Å². The summed E-state index contributed by atoms with van der Waals surface area (Å²) < 4.78 is 5.93. The number of carboxylic acid groups (broad SMARTS) is 1. The first-order valence-corrected chi connectivity index (χ1v) is 7.39. The van der Waals surface area contributed by atoms with E-state index in [1.807, 2.05) is 26.0 Å². The molecule has 2 saturated heterocycles. The standard InChI is InChI=1S/C17H15NO5/c1-16-6-7-17(2,23-16)12-11(16)13(19)18(14(12)20)10-5-3-4-9(8-10)15(21)22/h3-8,11-12H,1-2H3,(H,21,22)/t11-,12+,16-,17+. The largest absolute Gasteiger partial charge is 0.478 e. The Morgan fingerprint density at radius 3 is 2.22 bits per heavy atom. The fraction of sp³-hybridized carbons (Fsp3) is 0.353. The van der Waals surface area contributed by atoms with Gasteiger partial charge in [-0.05, 0) is 32.0 Å². The Bertz CT molecular complexity index is 764. The molecule has 6 heteroatoms. The number of carbonyl (C=O) groups excluding carboxylic acids is 2. The number of nitrogens with zero attached hydrogens (tertiary/aromatic N) is 1. The first kappa shape index (κ1) is 14.1. The monoisotopic (exact) mass is 313 g/mol. The predicted molar refractivity (Wildman–Crippen MR) is 79.9 cm³/mol. The van der Waals surface area contributed by atoms with Crippen LogP contribution in [0.15, 0.2) is 36.4 Å². The first-order chi connectivity index (χ1) is 10.8. The molecule has 0 radical (unpaired) electrons. The van der Waals surface area contributed by atoms with Crippen LogP contribution in [0.4, 0.5) is 5.69 Å². The number of rotatable bonds is 2. The molecule has 1 N–H and O–H groups in total. The summed E-state index contributed by atoms with van der Waals surface area (Å²) in [6, 6.07) is 5.87. The quantitative estimate of drug-likeness (QED) is 0.662. The van der Waals surface area contributed by atoms with Crippen LogP contribution in [-0.4, -0.2) is 34.1 Å². The van der Waals surface area contributed by atoms with Gasteiger partial charge in [-0.2, -0.15) is 0 Å². The molecule has 3 aliphatic rings. The van der Waals surface area contributed by atoms with Gasteiger partial charge in [-0.25, -0.2) is 9.69 Å². The summed E-state index contributed by atoms with van der Waals surface area (Å²) in [6.07, 6.45) is 3.69. The molecule has 118 valence electrons. The van der Waals surface area contributed by atoms with Crippen molar-refractivity contribution in [2.45, 2.75) is 25.0 Å². The lowest BCUT2D eigenvalue weighted by Gasteiger charge is -2.25. The maximum absolute atomic E-state index is 12.9. The van der Waals surface area contributed by atoms with Crippen molar-refractivity contribution < 1.29 is 24.2 Å². The fourth-order valence-corrected chi connectivity index (χ4v) is 4.06.